The van der Waals surface area contributed by atoms with Crippen LogP contribution in [-0.4, -0.2) is 46.4 Å². The summed E-state index contributed by atoms with van der Waals surface area (Å²) in [6.07, 6.45) is 1.16. The number of hydrogen-bond donors (Lipinski definition) is 2. The highest BCUT2D eigenvalue weighted by molar-refractivity contribution is 5.91. The van der Waals surface area contributed by atoms with Crippen molar-refractivity contribution in [3.8, 4) is 0 Å². The van der Waals surface area contributed by atoms with E-state index < -0.39 is 23.5 Å². The van der Waals surface area contributed by atoms with Gasteiger partial charge in [0.1, 0.15) is 12.1 Å². The maximum absolute atomic E-state index is 12.2. The summed E-state index contributed by atoms with van der Waals surface area (Å²) in [5, 5.41) is 11.7. The number of rotatable bonds is 3. The number of carbonyl (C=O) groups excluding carboxylic acids is 2. The lowest BCUT2D eigenvalue weighted by Gasteiger charge is -2.27. The van der Waals surface area contributed by atoms with Crippen molar-refractivity contribution in [3.05, 3.63) is 0 Å². The average Bonchev–Trinajstić information content (AvgIpc) is 2.75. The van der Waals surface area contributed by atoms with Crippen LogP contribution in [0.15, 0.2) is 0 Å². The van der Waals surface area contributed by atoms with E-state index in [2.05, 4.69) is 5.32 Å². The van der Waals surface area contributed by atoms with Crippen LogP contribution in [0.4, 0.5) is 0 Å². The van der Waals surface area contributed by atoms with E-state index in [4.69, 9.17) is 5.11 Å². The second kappa shape index (κ2) is 5.59. The minimum absolute atomic E-state index is 0.223. The van der Waals surface area contributed by atoms with Gasteiger partial charge in [0.2, 0.25) is 11.8 Å². The van der Waals surface area contributed by atoms with Crippen molar-refractivity contribution in [2.45, 2.75) is 52.6 Å². The first-order valence-corrected chi connectivity index (χ1v) is 6.49. The Morgan fingerprint density at radius 1 is 1.32 bits per heavy atom. The first-order chi connectivity index (χ1) is 8.64. The Labute approximate surface area is 113 Å². The molecule has 0 spiro atoms. The van der Waals surface area contributed by atoms with Crippen LogP contribution < -0.4 is 5.32 Å². The molecule has 1 fully saturated rings. The molecule has 0 aromatic heterocycles. The maximum atomic E-state index is 12.2. The van der Waals surface area contributed by atoms with Crippen molar-refractivity contribution >= 4 is 17.8 Å². The Kier molecular flexibility index (Phi) is 4.55. The largest absolute Gasteiger partial charge is 0.480 e. The third-order valence-electron chi connectivity index (χ3n) is 3.22. The fourth-order valence-corrected chi connectivity index (χ4v) is 2.01. The second-order valence-electron chi connectivity index (χ2n) is 5.97. The lowest BCUT2D eigenvalue weighted by atomic mass is 9.95. The minimum Gasteiger partial charge on any atom is -0.480 e. The second-order valence-corrected chi connectivity index (χ2v) is 5.97. The summed E-state index contributed by atoms with van der Waals surface area (Å²) in [6.45, 7) is 7.30. The first-order valence-electron chi connectivity index (χ1n) is 6.49. The van der Waals surface area contributed by atoms with Gasteiger partial charge in [-0.3, -0.25) is 9.59 Å². The van der Waals surface area contributed by atoms with E-state index in [1.165, 1.54) is 4.90 Å². The normalized spacial score (nSPS) is 21.1. The lowest BCUT2D eigenvalue weighted by Crippen LogP contribution is -2.52. The van der Waals surface area contributed by atoms with Gasteiger partial charge in [-0.1, -0.05) is 20.8 Å². The van der Waals surface area contributed by atoms with Gasteiger partial charge in [0.15, 0.2) is 0 Å². The molecule has 1 aliphatic heterocycles. The number of aliphatic carboxylic acids is 1. The molecular weight excluding hydrogens is 248 g/mol. The summed E-state index contributed by atoms with van der Waals surface area (Å²) in [5.41, 5.74) is -0.578. The van der Waals surface area contributed by atoms with E-state index in [1.807, 2.05) is 0 Å². The van der Waals surface area contributed by atoms with Crippen LogP contribution in [-0.2, 0) is 14.4 Å². The van der Waals surface area contributed by atoms with E-state index in [0.717, 1.165) is 0 Å². The van der Waals surface area contributed by atoms with Crippen molar-refractivity contribution < 1.29 is 19.5 Å². The summed E-state index contributed by atoms with van der Waals surface area (Å²) >= 11 is 0. The highest BCUT2D eigenvalue weighted by Crippen LogP contribution is 2.19. The molecule has 0 radical (unpaired) electrons. The Morgan fingerprint density at radius 2 is 1.89 bits per heavy atom. The number of carbonyl (C=O) groups is 3. The summed E-state index contributed by atoms with van der Waals surface area (Å²) in [7, 11) is 0. The van der Waals surface area contributed by atoms with Crippen molar-refractivity contribution in [1.29, 1.82) is 0 Å². The SMILES string of the molecule is CC(NC(=O)C(C)(C)C)C(=O)N1CCC[C@H]1C(=O)O. The van der Waals surface area contributed by atoms with Gasteiger partial charge >= 0.3 is 5.97 Å². The molecule has 1 rings (SSSR count). The number of amides is 2. The molecule has 0 saturated carbocycles. The van der Waals surface area contributed by atoms with Gasteiger partial charge < -0.3 is 15.3 Å². The topological polar surface area (TPSA) is 86.7 Å². The highest BCUT2D eigenvalue weighted by Gasteiger charge is 2.36. The molecule has 108 valence electrons. The average molecular weight is 270 g/mol. The molecule has 0 aromatic carbocycles. The molecule has 2 N–H and O–H groups in total. The van der Waals surface area contributed by atoms with Crippen LogP contribution in [0.25, 0.3) is 0 Å². The number of nitrogens with one attached hydrogen (secondary N) is 1. The quantitative estimate of drug-likeness (QED) is 0.786. The molecule has 0 bridgehead atoms. The summed E-state index contributed by atoms with van der Waals surface area (Å²) < 4.78 is 0. The predicted molar refractivity (Wildman–Crippen MR) is 69.4 cm³/mol. The van der Waals surface area contributed by atoms with E-state index in [1.54, 1.807) is 27.7 Å². The predicted octanol–water partition coefficient (Wildman–Crippen LogP) is 0.613. The Balaban J connectivity index is 2.67. The van der Waals surface area contributed by atoms with E-state index in [9.17, 15) is 14.4 Å². The van der Waals surface area contributed by atoms with Crippen LogP contribution in [0.5, 0.6) is 0 Å². The highest BCUT2D eigenvalue weighted by atomic mass is 16.4. The zero-order valence-electron chi connectivity index (χ0n) is 11.9. The number of nitrogens with zero attached hydrogens (tertiary/aromatic N) is 1. The van der Waals surface area contributed by atoms with E-state index in [-0.39, 0.29) is 11.8 Å². The lowest BCUT2D eigenvalue weighted by molar-refractivity contribution is -0.149. The van der Waals surface area contributed by atoms with Gasteiger partial charge in [-0.05, 0) is 19.8 Å². The van der Waals surface area contributed by atoms with Crippen molar-refractivity contribution in [2.75, 3.05) is 6.54 Å². The Morgan fingerprint density at radius 3 is 2.37 bits per heavy atom. The zero-order chi connectivity index (χ0) is 14.8. The van der Waals surface area contributed by atoms with Crippen LogP contribution in [0.2, 0.25) is 0 Å². The van der Waals surface area contributed by atoms with Gasteiger partial charge in [-0.15, -0.1) is 0 Å². The molecule has 1 saturated heterocycles. The molecule has 0 aromatic rings. The fourth-order valence-electron chi connectivity index (χ4n) is 2.01. The number of carboxylic acids is 1. The van der Waals surface area contributed by atoms with Gasteiger partial charge in [0, 0.05) is 12.0 Å². The third-order valence-corrected chi connectivity index (χ3v) is 3.22. The third kappa shape index (κ3) is 3.68. The van der Waals surface area contributed by atoms with E-state index in [0.29, 0.717) is 19.4 Å². The molecule has 1 aliphatic rings. The number of likely N-dealkylation sites (tertiary alicyclic amines) is 1. The van der Waals surface area contributed by atoms with Gasteiger partial charge in [-0.25, -0.2) is 4.79 Å². The minimum atomic E-state index is -0.986. The van der Waals surface area contributed by atoms with Crippen LogP contribution in [0, 0.1) is 5.41 Å². The smallest absolute Gasteiger partial charge is 0.326 e. The molecule has 19 heavy (non-hydrogen) atoms. The standard InChI is InChI=1S/C13H22N2O4/c1-8(14-12(19)13(2,3)4)10(16)15-7-5-6-9(15)11(17)18/h8-9H,5-7H2,1-4H3,(H,14,19)(H,17,18)/t8?,9-/m0/s1. The molecule has 1 heterocycles. The van der Waals surface area contributed by atoms with Crippen molar-refractivity contribution in [1.82, 2.24) is 10.2 Å². The van der Waals surface area contributed by atoms with E-state index >= 15 is 0 Å². The molecule has 2 atom stereocenters. The van der Waals surface area contributed by atoms with Crippen LogP contribution >= 0.6 is 0 Å². The van der Waals surface area contributed by atoms with Gasteiger partial charge in [0.05, 0.1) is 0 Å². The van der Waals surface area contributed by atoms with Crippen LogP contribution in [0.1, 0.15) is 40.5 Å². The molecule has 1 unspecified atom stereocenters. The summed E-state index contributed by atoms with van der Waals surface area (Å²) in [6, 6.07) is -1.46. The molecule has 6 heteroatoms. The summed E-state index contributed by atoms with van der Waals surface area (Å²) in [5.74, 6) is -1.54. The van der Waals surface area contributed by atoms with Crippen LogP contribution in [0.3, 0.4) is 0 Å². The molecular formula is C13H22N2O4. The number of carboxylic acid groups (broad SMARTS) is 1. The zero-order valence-corrected chi connectivity index (χ0v) is 11.9. The van der Waals surface area contributed by atoms with Crippen molar-refractivity contribution in [3.63, 3.8) is 0 Å². The van der Waals surface area contributed by atoms with Crippen molar-refractivity contribution in [2.24, 2.45) is 5.41 Å². The monoisotopic (exact) mass is 270 g/mol. The fraction of sp³-hybridized carbons (Fsp3) is 0.769. The van der Waals surface area contributed by atoms with Gasteiger partial charge in [-0.2, -0.15) is 0 Å². The Bertz CT molecular complexity index is 387. The maximum Gasteiger partial charge on any atom is 0.326 e. The van der Waals surface area contributed by atoms with Gasteiger partial charge in [0.25, 0.3) is 0 Å². The first kappa shape index (κ1) is 15.5. The molecule has 2 amide bonds. The number of hydrogen-bond acceptors (Lipinski definition) is 3. The Hall–Kier alpha value is -1.59. The molecule has 0 aliphatic carbocycles. The summed E-state index contributed by atoms with van der Waals surface area (Å²) in [4.78, 5) is 36.4. The molecule has 6 nitrogen and oxygen atoms in total.